The van der Waals surface area contributed by atoms with Crippen LogP contribution in [0.15, 0.2) is 48.5 Å². The summed E-state index contributed by atoms with van der Waals surface area (Å²) in [6, 6.07) is 11.0. The summed E-state index contributed by atoms with van der Waals surface area (Å²) >= 11 is 11.8. The predicted molar refractivity (Wildman–Crippen MR) is 121 cm³/mol. The highest BCUT2D eigenvalue weighted by Gasteiger charge is 2.35. The second-order valence-electron chi connectivity index (χ2n) is 6.98. The van der Waals surface area contributed by atoms with E-state index in [2.05, 4.69) is 15.4 Å². The quantitative estimate of drug-likeness (QED) is 0.356. The first kappa shape index (κ1) is 23.7. The van der Waals surface area contributed by atoms with Crippen LogP contribution in [0.5, 0.6) is 11.5 Å². The van der Waals surface area contributed by atoms with Crippen molar-refractivity contribution in [3.63, 3.8) is 0 Å². The average molecular weight is 511 g/mol. The number of halogens is 5. The van der Waals surface area contributed by atoms with Gasteiger partial charge in [0.2, 0.25) is 0 Å². The second kappa shape index (κ2) is 9.03. The Morgan fingerprint density at radius 2 is 1.71 bits per heavy atom. The number of methoxy groups -OCH3 is 2. The van der Waals surface area contributed by atoms with E-state index in [-0.39, 0.29) is 27.1 Å². The maximum absolute atomic E-state index is 13.9. The van der Waals surface area contributed by atoms with Crippen molar-refractivity contribution in [3.8, 4) is 22.8 Å². The zero-order valence-electron chi connectivity index (χ0n) is 17.6. The summed E-state index contributed by atoms with van der Waals surface area (Å²) in [5.74, 6) is -0.0101. The topological polar surface area (TPSA) is 77.8 Å². The molecule has 0 unspecified atom stereocenters. The molecule has 1 amide bonds. The number of hydrogen-bond donors (Lipinski definition) is 1. The number of carbonyl (C=O) groups is 1. The number of aromatic nitrogens is 3. The van der Waals surface area contributed by atoms with E-state index < -0.39 is 17.8 Å². The summed E-state index contributed by atoms with van der Waals surface area (Å²) in [5, 5.41) is 6.84. The lowest BCUT2D eigenvalue weighted by molar-refractivity contribution is -0.142. The largest absolute Gasteiger partial charge is 0.493 e. The highest BCUT2D eigenvalue weighted by molar-refractivity contribution is 6.42. The van der Waals surface area contributed by atoms with Crippen LogP contribution < -0.4 is 14.8 Å². The third kappa shape index (κ3) is 4.59. The number of anilines is 1. The molecule has 0 atom stereocenters. The molecule has 7 nitrogen and oxygen atoms in total. The molecule has 0 aliphatic carbocycles. The van der Waals surface area contributed by atoms with Crippen LogP contribution in [-0.2, 0) is 6.18 Å². The van der Waals surface area contributed by atoms with E-state index >= 15 is 0 Å². The summed E-state index contributed by atoms with van der Waals surface area (Å²) in [7, 11) is 2.86. The zero-order valence-corrected chi connectivity index (χ0v) is 19.1. The van der Waals surface area contributed by atoms with Crippen LogP contribution in [0.2, 0.25) is 10.0 Å². The fourth-order valence-corrected chi connectivity index (χ4v) is 3.50. The maximum Gasteiger partial charge on any atom is 0.433 e. The molecule has 34 heavy (non-hydrogen) atoms. The first-order valence-electron chi connectivity index (χ1n) is 9.57. The van der Waals surface area contributed by atoms with E-state index in [0.717, 1.165) is 12.1 Å². The Bertz CT molecular complexity index is 1410. The van der Waals surface area contributed by atoms with Crippen molar-refractivity contribution >= 4 is 40.4 Å². The van der Waals surface area contributed by atoms with Crippen LogP contribution >= 0.6 is 23.2 Å². The van der Waals surface area contributed by atoms with Crippen molar-refractivity contribution in [2.45, 2.75) is 6.18 Å². The Morgan fingerprint density at radius 3 is 2.35 bits per heavy atom. The van der Waals surface area contributed by atoms with E-state index in [0.29, 0.717) is 27.3 Å². The zero-order chi connectivity index (χ0) is 24.6. The number of ether oxygens (including phenoxy) is 2. The van der Waals surface area contributed by atoms with Gasteiger partial charge in [-0.3, -0.25) is 4.79 Å². The monoisotopic (exact) mass is 510 g/mol. The molecule has 2 heterocycles. The first-order chi connectivity index (χ1) is 16.1. The molecule has 1 N–H and O–H groups in total. The molecule has 2 aromatic carbocycles. The van der Waals surface area contributed by atoms with Gasteiger partial charge < -0.3 is 14.8 Å². The fraction of sp³-hybridized carbons (Fsp3) is 0.136. The molecule has 0 aliphatic rings. The van der Waals surface area contributed by atoms with Gasteiger partial charge in [-0.05, 0) is 42.5 Å². The third-order valence-electron chi connectivity index (χ3n) is 4.81. The number of carbonyl (C=O) groups excluding carboxylic acids is 1. The number of nitrogens with zero attached hydrogens (tertiary/aromatic N) is 3. The van der Waals surface area contributed by atoms with Crippen molar-refractivity contribution in [1.82, 2.24) is 14.6 Å². The molecular weight excluding hydrogens is 496 g/mol. The molecule has 0 aliphatic heterocycles. The molecule has 0 fully saturated rings. The van der Waals surface area contributed by atoms with Crippen molar-refractivity contribution in [1.29, 1.82) is 0 Å². The lowest BCUT2D eigenvalue weighted by Crippen LogP contribution is -2.15. The Balaban J connectivity index is 1.78. The molecule has 176 valence electrons. The van der Waals surface area contributed by atoms with Gasteiger partial charge >= 0.3 is 6.18 Å². The lowest BCUT2D eigenvalue weighted by Gasteiger charge is -2.12. The van der Waals surface area contributed by atoms with Crippen LogP contribution in [0, 0.1) is 0 Å². The smallest absolute Gasteiger partial charge is 0.433 e. The fourth-order valence-electron chi connectivity index (χ4n) is 3.20. The highest BCUT2D eigenvalue weighted by atomic mass is 35.5. The Hall–Kier alpha value is -3.50. The molecule has 2 aromatic heterocycles. The van der Waals surface area contributed by atoms with Crippen molar-refractivity contribution in [2.75, 3.05) is 19.5 Å². The number of alkyl halides is 3. The first-order valence-corrected chi connectivity index (χ1v) is 10.3. The van der Waals surface area contributed by atoms with E-state index in [9.17, 15) is 18.0 Å². The summed E-state index contributed by atoms with van der Waals surface area (Å²) < 4.78 is 52.5. The van der Waals surface area contributed by atoms with Crippen LogP contribution in [0.4, 0.5) is 18.9 Å². The van der Waals surface area contributed by atoms with Gasteiger partial charge in [-0.25, -0.2) is 9.50 Å². The van der Waals surface area contributed by atoms with Gasteiger partial charge in [-0.1, -0.05) is 23.2 Å². The molecule has 4 rings (SSSR count). The molecule has 12 heteroatoms. The molecule has 4 aromatic rings. The SMILES string of the molecule is COc1ccc(-c2cc(C(F)(F)F)n3nc(C(=O)Nc4ccc(Cl)c(Cl)c4)cc3n2)cc1OC. The predicted octanol–water partition coefficient (Wildman–Crippen LogP) is 5.99. The molecular formula is C22H15Cl2F3N4O3. The van der Waals surface area contributed by atoms with Gasteiger partial charge in [-0.15, -0.1) is 0 Å². The van der Waals surface area contributed by atoms with Crippen molar-refractivity contribution in [3.05, 3.63) is 70.0 Å². The highest BCUT2D eigenvalue weighted by Crippen LogP contribution is 2.35. The Kier molecular flexibility index (Phi) is 6.28. The summed E-state index contributed by atoms with van der Waals surface area (Å²) in [6.07, 6.45) is -4.77. The molecule has 0 spiro atoms. The van der Waals surface area contributed by atoms with E-state index in [1.54, 1.807) is 12.1 Å². The van der Waals surface area contributed by atoms with Crippen LogP contribution in [0.1, 0.15) is 16.2 Å². The van der Waals surface area contributed by atoms with Gasteiger partial charge in [0.15, 0.2) is 28.5 Å². The van der Waals surface area contributed by atoms with E-state index in [1.807, 2.05) is 0 Å². The molecule has 0 radical (unpaired) electrons. The summed E-state index contributed by atoms with van der Waals surface area (Å²) in [4.78, 5) is 16.9. The number of nitrogens with one attached hydrogen (secondary N) is 1. The van der Waals surface area contributed by atoms with Crippen molar-refractivity contribution < 1.29 is 27.4 Å². The molecule has 0 bridgehead atoms. The minimum atomic E-state index is -4.77. The summed E-state index contributed by atoms with van der Waals surface area (Å²) in [5.41, 5.74) is -0.874. The standard InChI is InChI=1S/C22H15Cl2F3N4O3/c1-33-17-6-3-11(7-18(17)34-2)15-9-19(22(25,26)27)31-20(29-15)10-16(30-31)21(32)28-12-4-5-13(23)14(24)8-12/h3-10H,1-2H3,(H,28,32). The lowest BCUT2D eigenvalue weighted by atomic mass is 10.1. The van der Waals surface area contributed by atoms with Gasteiger partial charge in [0.05, 0.1) is 30.0 Å². The number of hydrogen-bond acceptors (Lipinski definition) is 5. The molecule has 0 saturated carbocycles. The van der Waals surface area contributed by atoms with Crippen LogP contribution in [-0.4, -0.2) is 34.7 Å². The Morgan fingerprint density at radius 1 is 0.971 bits per heavy atom. The number of rotatable bonds is 5. The van der Waals surface area contributed by atoms with Gasteiger partial charge in [-0.2, -0.15) is 18.3 Å². The van der Waals surface area contributed by atoms with Crippen LogP contribution in [0.3, 0.4) is 0 Å². The average Bonchev–Trinajstić information content (AvgIpc) is 3.24. The third-order valence-corrected chi connectivity index (χ3v) is 5.55. The van der Waals surface area contributed by atoms with Gasteiger partial charge in [0, 0.05) is 17.3 Å². The van der Waals surface area contributed by atoms with Gasteiger partial charge in [0.1, 0.15) is 0 Å². The normalized spacial score (nSPS) is 11.5. The number of benzene rings is 2. The molecule has 0 saturated heterocycles. The van der Waals surface area contributed by atoms with Crippen molar-refractivity contribution in [2.24, 2.45) is 0 Å². The van der Waals surface area contributed by atoms with Crippen LogP contribution in [0.25, 0.3) is 16.9 Å². The number of amides is 1. The summed E-state index contributed by atoms with van der Waals surface area (Å²) in [6.45, 7) is 0. The number of fused-ring (bicyclic) bond motifs is 1. The minimum absolute atomic E-state index is 0.0112. The Labute approximate surface area is 201 Å². The second-order valence-corrected chi connectivity index (χ2v) is 7.79. The maximum atomic E-state index is 13.9. The van der Waals surface area contributed by atoms with E-state index in [4.69, 9.17) is 32.7 Å². The minimum Gasteiger partial charge on any atom is -0.493 e. The van der Waals surface area contributed by atoms with E-state index in [1.165, 1.54) is 38.5 Å². The van der Waals surface area contributed by atoms with Gasteiger partial charge in [0.25, 0.3) is 5.91 Å².